The van der Waals surface area contributed by atoms with Gasteiger partial charge >= 0.3 is 6.18 Å². The van der Waals surface area contributed by atoms with Crippen LogP contribution in [0.5, 0.6) is 0 Å². The van der Waals surface area contributed by atoms with E-state index in [2.05, 4.69) is 31.6 Å². The fourth-order valence-corrected chi connectivity index (χ4v) is 2.59. The molecule has 1 atom stereocenters. The first-order valence-electron chi connectivity index (χ1n) is 7.12. The molecule has 124 valence electrons. The number of unbranched alkanes of at least 4 members (excludes halogenated alkanes) is 1. The van der Waals surface area contributed by atoms with Gasteiger partial charge in [0.2, 0.25) is 0 Å². The van der Waals surface area contributed by atoms with Gasteiger partial charge in [0.15, 0.2) is 5.96 Å². The molecule has 0 saturated carbocycles. The summed E-state index contributed by atoms with van der Waals surface area (Å²) in [5, 5.41) is 6.25. The van der Waals surface area contributed by atoms with Crippen LogP contribution in [0, 0.1) is 0 Å². The van der Waals surface area contributed by atoms with Gasteiger partial charge in [0, 0.05) is 24.5 Å². The zero-order chi connectivity index (χ0) is 16.6. The van der Waals surface area contributed by atoms with Crippen molar-refractivity contribution in [1.29, 1.82) is 0 Å². The predicted molar refractivity (Wildman–Crippen MR) is 87.0 cm³/mol. The topological polar surface area (TPSA) is 36.4 Å². The van der Waals surface area contributed by atoms with Crippen LogP contribution in [0.2, 0.25) is 0 Å². The second-order valence-electron chi connectivity index (χ2n) is 4.96. The Bertz CT molecular complexity index is 489. The van der Waals surface area contributed by atoms with E-state index in [1.165, 1.54) is 0 Å². The van der Waals surface area contributed by atoms with E-state index < -0.39 is 12.6 Å². The van der Waals surface area contributed by atoms with E-state index in [4.69, 9.17) is 0 Å². The number of alkyl halides is 3. The standard InChI is InChI=1S/C15H21BrF3N3/c1-11(12-7-3-4-8-13(12)16)22-14(20-2)21-10-6-5-9-15(17,18)19/h3-4,7-8,11H,5-6,9-10H2,1-2H3,(H2,20,21,22). The lowest BCUT2D eigenvalue weighted by molar-refractivity contribution is -0.135. The van der Waals surface area contributed by atoms with Gasteiger partial charge < -0.3 is 10.6 Å². The maximum atomic E-state index is 12.0. The SMILES string of the molecule is CN=C(NCCCCC(F)(F)F)NC(C)c1ccccc1Br. The second kappa shape index (κ2) is 9.02. The van der Waals surface area contributed by atoms with Crippen LogP contribution in [0.4, 0.5) is 13.2 Å². The summed E-state index contributed by atoms with van der Waals surface area (Å²) in [4.78, 5) is 4.09. The van der Waals surface area contributed by atoms with Crippen molar-refractivity contribution in [2.24, 2.45) is 4.99 Å². The zero-order valence-corrected chi connectivity index (χ0v) is 14.3. The molecule has 2 N–H and O–H groups in total. The summed E-state index contributed by atoms with van der Waals surface area (Å²) >= 11 is 3.49. The van der Waals surface area contributed by atoms with Gasteiger partial charge in [-0.25, -0.2) is 0 Å². The lowest BCUT2D eigenvalue weighted by Crippen LogP contribution is -2.39. The lowest BCUT2D eigenvalue weighted by atomic mass is 10.1. The number of halogens is 4. The average Bonchev–Trinajstić information content (AvgIpc) is 2.44. The van der Waals surface area contributed by atoms with E-state index >= 15 is 0 Å². The number of benzene rings is 1. The van der Waals surface area contributed by atoms with Crippen LogP contribution in [0.15, 0.2) is 33.7 Å². The van der Waals surface area contributed by atoms with Crippen molar-refractivity contribution in [1.82, 2.24) is 10.6 Å². The Labute approximate surface area is 137 Å². The average molecular weight is 380 g/mol. The molecule has 0 spiro atoms. The Morgan fingerprint density at radius 2 is 1.95 bits per heavy atom. The number of hydrogen-bond donors (Lipinski definition) is 2. The molecule has 1 rings (SSSR count). The van der Waals surface area contributed by atoms with E-state index in [9.17, 15) is 13.2 Å². The van der Waals surface area contributed by atoms with Crippen LogP contribution < -0.4 is 10.6 Å². The number of guanidine groups is 1. The maximum absolute atomic E-state index is 12.0. The monoisotopic (exact) mass is 379 g/mol. The van der Waals surface area contributed by atoms with Crippen LogP contribution in [-0.2, 0) is 0 Å². The molecule has 0 aliphatic carbocycles. The summed E-state index contributed by atoms with van der Waals surface area (Å²) in [5.41, 5.74) is 1.09. The maximum Gasteiger partial charge on any atom is 0.389 e. The van der Waals surface area contributed by atoms with Crippen molar-refractivity contribution in [3.63, 3.8) is 0 Å². The largest absolute Gasteiger partial charge is 0.389 e. The minimum Gasteiger partial charge on any atom is -0.356 e. The lowest BCUT2D eigenvalue weighted by Gasteiger charge is -2.19. The van der Waals surface area contributed by atoms with Gasteiger partial charge in [-0.2, -0.15) is 13.2 Å². The molecule has 0 radical (unpaired) electrons. The van der Waals surface area contributed by atoms with Crippen molar-refractivity contribution in [3.05, 3.63) is 34.3 Å². The Kier molecular flexibility index (Phi) is 7.72. The minimum absolute atomic E-state index is 0.0250. The van der Waals surface area contributed by atoms with Crippen molar-refractivity contribution in [2.45, 2.75) is 38.4 Å². The predicted octanol–water partition coefficient (Wildman–Crippen LogP) is 4.41. The quantitative estimate of drug-likeness (QED) is 0.436. The molecule has 0 heterocycles. The van der Waals surface area contributed by atoms with Crippen molar-refractivity contribution in [3.8, 4) is 0 Å². The first-order valence-corrected chi connectivity index (χ1v) is 7.91. The van der Waals surface area contributed by atoms with Crippen molar-refractivity contribution < 1.29 is 13.2 Å². The number of nitrogens with one attached hydrogen (secondary N) is 2. The number of rotatable bonds is 6. The fraction of sp³-hybridized carbons (Fsp3) is 0.533. The normalized spacial score (nSPS) is 13.8. The number of hydrogen-bond acceptors (Lipinski definition) is 1. The Morgan fingerprint density at radius 3 is 2.55 bits per heavy atom. The second-order valence-corrected chi connectivity index (χ2v) is 5.81. The van der Waals surface area contributed by atoms with Crippen LogP contribution in [-0.4, -0.2) is 25.7 Å². The molecule has 7 heteroatoms. The van der Waals surface area contributed by atoms with E-state index in [0.29, 0.717) is 18.9 Å². The zero-order valence-electron chi connectivity index (χ0n) is 12.7. The van der Waals surface area contributed by atoms with E-state index in [-0.39, 0.29) is 12.5 Å². The third-order valence-electron chi connectivity index (χ3n) is 3.13. The van der Waals surface area contributed by atoms with Crippen LogP contribution >= 0.6 is 15.9 Å². The number of aliphatic imine (C=N–C) groups is 1. The van der Waals surface area contributed by atoms with E-state index in [1.54, 1.807) is 7.05 Å². The molecular formula is C15H21BrF3N3. The molecule has 22 heavy (non-hydrogen) atoms. The van der Waals surface area contributed by atoms with Gasteiger partial charge in [-0.3, -0.25) is 4.99 Å². The highest BCUT2D eigenvalue weighted by atomic mass is 79.9. The Hall–Kier alpha value is -1.24. The Balaban J connectivity index is 2.38. The van der Waals surface area contributed by atoms with Crippen molar-refractivity contribution in [2.75, 3.05) is 13.6 Å². The first kappa shape index (κ1) is 18.8. The van der Waals surface area contributed by atoms with Gasteiger partial charge in [-0.1, -0.05) is 34.1 Å². The molecule has 0 aliphatic rings. The molecule has 0 amide bonds. The smallest absolute Gasteiger partial charge is 0.356 e. The minimum atomic E-state index is -4.08. The number of nitrogens with zero attached hydrogens (tertiary/aromatic N) is 1. The van der Waals surface area contributed by atoms with Crippen molar-refractivity contribution >= 4 is 21.9 Å². The molecule has 1 aromatic carbocycles. The van der Waals surface area contributed by atoms with E-state index in [0.717, 1.165) is 10.0 Å². The summed E-state index contributed by atoms with van der Waals surface area (Å²) in [6.07, 6.45) is -4.25. The van der Waals surface area contributed by atoms with Crippen LogP contribution in [0.1, 0.15) is 37.8 Å². The third-order valence-corrected chi connectivity index (χ3v) is 3.85. The highest BCUT2D eigenvalue weighted by Crippen LogP contribution is 2.23. The summed E-state index contributed by atoms with van der Waals surface area (Å²) in [5.74, 6) is 0.579. The van der Waals surface area contributed by atoms with E-state index in [1.807, 2.05) is 31.2 Å². The highest BCUT2D eigenvalue weighted by Gasteiger charge is 2.25. The van der Waals surface area contributed by atoms with Crippen LogP contribution in [0.3, 0.4) is 0 Å². The summed E-state index contributed by atoms with van der Waals surface area (Å²) in [7, 11) is 1.64. The van der Waals surface area contributed by atoms with Gasteiger partial charge in [-0.05, 0) is 31.4 Å². The van der Waals surface area contributed by atoms with Gasteiger partial charge in [0.05, 0.1) is 6.04 Å². The molecule has 0 fully saturated rings. The Morgan fingerprint density at radius 1 is 1.27 bits per heavy atom. The molecule has 0 aromatic heterocycles. The van der Waals surface area contributed by atoms with Gasteiger partial charge in [-0.15, -0.1) is 0 Å². The van der Waals surface area contributed by atoms with Crippen LogP contribution in [0.25, 0.3) is 0 Å². The molecule has 1 unspecified atom stereocenters. The first-order chi connectivity index (χ1) is 10.3. The van der Waals surface area contributed by atoms with Gasteiger partial charge in [0.1, 0.15) is 0 Å². The molecular weight excluding hydrogens is 359 g/mol. The molecule has 3 nitrogen and oxygen atoms in total. The van der Waals surface area contributed by atoms with Gasteiger partial charge in [0.25, 0.3) is 0 Å². The highest BCUT2D eigenvalue weighted by molar-refractivity contribution is 9.10. The third kappa shape index (κ3) is 7.15. The molecule has 0 bridgehead atoms. The summed E-state index contributed by atoms with van der Waals surface area (Å²) < 4.78 is 37.1. The molecule has 1 aromatic rings. The summed E-state index contributed by atoms with van der Waals surface area (Å²) in [6, 6.07) is 7.87. The molecule has 0 saturated heterocycles. The fourth-order valence-electron chi connectivity index (χ4n) is 1.96. The molecule has 0 aliphatic heterocycles. The summed E-state index contributed by atoms with van der Waals surface area (Å²) in [6.45, 7) is 2.45.